The Morgan fingerprint density at radius 2 is 1.94 bits per heavy atom. The van der Waals surface area contributed by atoms with Gasteiger partial charge < -0.3 is 23.7 Å². The normalized spacial score (nSPS) is 33.8. The van der Waals surface area contributed by atoms with E-state index in [1.54, 1.807) is 21.3 Å². The number of ether oxygens (including phenoxy) is 5. The summed E-state index contributed by atoms with van der Waals surface area (Å²) in [5.74, 6) is 0. The van der Waals surface area contributed by atoms with Gasteiger partial charge in [-0.05, 0) is 6.42 Å². The first-order valence-electron chi connectivity index (χ1n) is 6.25. The van der Waals surface area contributed by atoms with Crippen molar-refractivity contribution in [2.75, 3.05) is 34.5 Å². The molecule has 1 aliphatic heterocycles. The van der Waals surface area contributed by atoms with Crippen LogP contribution in [0, 0.1) is 0 Å². The third-order valence-corrected chi connectivity index (χ3v) is 3.21. The maximum absolute atomic E-state index is 5.91. The molecule has 1 rings (SSSR count). The van der Waals surface area contributed by atoms with Gasteiger partial charge in [-0.1, -0.05) is 6.92 Å². The fraction of sp³-hybridized carbons (Fsp3) is 1.00. The molecule has 1 unspecified atom stereocenters. The zero-order valence-electron chi connectivity index (χ0n) is 11.6. The van der Waals surface area contributed by atoms with Gasteiger partial charge in [-0.3, -0.25) is 0 Å². The Balaban J connectivity index is 2.51. The summed E-state index contributed by atoms with van der Waals surface area (Å²) in [6.07, 6.45) is 0.255. The molecule has 5 atom stereocenters. The Morgan fingerprint density at radius 3 is 2.44 bits per heavy atom. The van der Waals surface area contributed by atoms with Gasteiger partial charge in [0.25, 0.3) is 0 Å². The molecule has 0 aromatic rings. The standard InChI is InChI=1S/C12H23BO5/c1-5-8(15-3)6-17-11-10(16-4)9(7-14-2)18-12(11)13/h8-12H,5-7H2,1-4H3/t8-,9+,10?,11-,12+/m0/s1. The Bertz CT molecular complexity index is 225. The minimum Gasteiger partial charge on any atom is -0.382 e. The summed E-state index contributed by atoms with van der Waals surface area (Å²) in [4.78, 5) is 0. The molecule has 0 bridgehead atoms. The first-order chi connectivity index (χ1) is 8.67. The van der Waals surface area contributed by atoms with E-state index in [9.17, 15) is 0 Å². The van der Waals surface area contributed by atoms with Crippen LogP contribution in [0.25, 0.3) is 0 Å². The molecule has 0 N–H and O–H groups in total. The highest BCUT2D eigenvalue weighted by molar-refractivity contribution is 6.11. The van der Waals surface area contributed by atoms with Gasteiger partial charge in [0.1, 0.15) is 26.2 Å². The Kier molecular flexibility index (Phi) is 7.18. The number of rotatable bonds is 8. The molecule has 0 aromatic carbocycles. The average molecular weight is 258 g/mol. The molecule has 1 aliphatic rings. The van der Waals surface area contributed by atoms with Gasteiger partial charge in [-0.25, -0.2) is 0 Å². The third kappa shape index (κ3) is 3.93. The van der Waals surface area contributed by atoms with Crippen molar-refractivity contribution < 1.29 is 23.7 Å². The summed E-state index contributed by atoms with van der Waals surface area (Å²) in [6, 6.07) is -0.496. The molecule has 2 radical (unpaired) electrons. The SMILES string of the molecule is [B][C@@H]1O[C@H](COC)C(OC)[C@@H]1OC[C@H](CC)OC. The lowest BCUT2D eigenvalue weighted by molar-refractivity contribution is -0.0793. The second-order valence-electron chi connectivity index (χ2n) is 4.36. The molecular formula is C12H23BO5. The highest BCUT2D eigenvalue weighted by Crippen LogP contribution is 2.25. The molecule has 1 fully saturated rings. The van der Waals surface area contributed by atoms with E-state index in [4.69, 9.17) is 31.5 Å². The summed E-state index contributed by atoms with van der Waals surface area (Å²) in [7, 11) is 10.8. The minimum atomic E-state index is -0.496. The highest BCUT2D eigenvalue weighted by Gasteiger charge is 2.43. The molecule has 104 valence electrons. The zero-order valence-corrected chi connectivity index (χ0v) is 11.6. The smallest absolute Gasteiger partial charge is 0.113 e. The van der Waals surface area contributed by atoms with E-state index in [-0.39, 0.29) is 24.4 Å². The van der Waals surface area contributed by atoms with E-state index in [0.717, 1.165) is 6.42 Å². The maximum atomic E-state index is 5.91. The van der Waals surface area contributed by atoms with Crippen molar-refractivity contribution in [3.63, 3.8) is 0 Å². The molecule has 0 spiro atoms. The van der Waals surface area contributed by atoms with Gasteiger partial charge in [0, 0.05) is 27.3 Å². The molecule has 0 amide bonds. The molecule has 1 saturated heterocycles. The lowest BCUT2D eigenvalue weighted by Crippen LogP contribution is -2.40. The first kappa shape index (κ1) is 15.9. The monoisotopic (exact) mass is 258 g/mol. The van der Waals surface area contributed by atoms with Gasteiger partial charge >= 0.3 is 0 Å². The fourth-order valence-electron chi connectivity index (χ4n) is 2.10. The lowest BCUT2D eigenvalue weighted by atomic mass is 9.92. The topological polar surface area (TPSA) is 46.2 Å². The van der Waals surface area contributed by atoms with Crippen LogP contribution in [0.4, 0.5) is 0 Å². The quantitative estimate of drug-likeness (QED) is 0.588. The largest absolute Gasteiger partial charge is 0.382 e. The number of methoxy groups -OCH3 is 3. The molecule has 18 heavy (non-hydrogen) atoms. The molecule has 5 nitrogen and oxygen atoms in total. The number of hydrogen-bond donors (Lipinski definition) is 0. The zero-order chi connectivity index (χ0) is 13.5. The molecule has 0 saturated carbocycles. The third-order valence-electron chi connectivity index (χ3n) is 3.21. The molecule has 1 heterocycles. The van der Waals surface area contributed by atoms with Crippen molar-refractivity contribution in [3.8, 4) is 0 Å². The van der Waals surface area contributed by atoms with Gasteiger partial charge in [0.2, 0.25) is 0 Å². The maximum Gasteiger partial charge on any atom is 0.113 e. The molecule has 6 heteroatoms. The number of hydrogen-bond acceptors (Lipinski definition) is 5. The van der Waals surface area contributed by atoms with Crippen molar-refractivity contribution in [1.82, 2.24) is 0 Å². The predicted octanol–water partition coefficient (Wildman–Crippen LogP) is 0.351. The second-order valence-corrected chi connectivity index (χ2v) is 4.36. The van der Waals surface area contributed by atoms with Crippen molar-refractivity contribution in [3.05, 3.63) is 0 Å². The van der Waals surface area contributed by atoms with Crippen LogP contribution in [0.3, 0.4) is 0 Å². The van der Waals surface area contributed by atoms with E-state index in [2.05, 4.69) is 0 Å². The van der Waals surface area contributed by atoms with Crippen molar-refractivity contribution in [2.45, 2.75) is 43.8 Å². The summed E-state index contributed by atoms with van der Waals surface area (Å²) in [5, 5.41) is 0. The average Bonchev–Trinajstić information content (AvgIpc) is 2.67. The van der Waals surface area contributed by atoms with E-state index in [0.29, 0.717) is 13.2 Å². The molecule has 0 aromatic heterocycles. The predicted molar refractivity (Wildman–Crippen MR) is 67.9 cm³/mol. The van der Waals surface area contributed by atoms with Crippen LogP contribution in [0.15, 0.2) is 0 Å². The summed E-state index contributed by atoms with van der Waals surface area (Å²) in [5.41, 5.74) is 0. The van der Waals surface area contributed by atoms with Crippen LogP contribution >= 0.6 is 0 Å². The van der Waals surface area contributed by atoms with Gasteiger partial charge in [-0.2, -0.15) is 0 Å². The first-order valence-corrected chi connectivity index (χ1v) is 6.25. The van der Waals surface area contributed by atoms with Crippen LogP contribution in [-0.4, -0.2) is 72.8 Å². The Hall–Kier alpha value is -0.135. The van der Waals surface area contributed by atoms with Crippen LogP contribution < -0.4 is 0 Å². The van der Waals surface area contributed by atoms with Crippen molar-refractivity contribution in [1.29, 1.82) is 0 Å². The lowest BCUT2D eigenvalue weighted by Gasteiger charge is -2.24. The summed E-state index contributed by atoms with van der Waals surface area (Å²) >= 11 is 0. The Labute approximate surface area is 110 Å². The summed E-state index contributed by atoms with van der Waals surface area (Å²) in [6.45, 7) is 2.96. The van der Waals surface area contributed by atoms with Gasteiger partial charge in [0.15, 0.2) is 0 Å². The van der Waals surface area contributed by atoms with Crippen LogP contribution in [0.5, 0.6) is 0 Å². The van der Waals surface area contributed by atoms with E-state index >= 15 is 0 Å². The minimum absolute atomic E-state index is 0.0659. The second kappa shape index (κ2) is 8.12. The summed E-state index contributed by atoms with van der Waals surface area (Å²) < 4.78 is 27.1. The van der Waals surface area contributed by atoms with E-state index < -0.39 is 6.00 Å². The van der Waals surface area contributed by atoms with Crippen LogP contribution in [-0.2, 0) is 23.7 Å². The van der Waals surface area contributed by atoms with Crippen LogP contribution in [0.1, 0.15) is 13.3 Å². The molecule has 0 aliphatic carbocycles. The van der Waals surface area contributed by atoms with Crippen molar-refractivity contribution in [2.24, 2.45) is 0 Å². The van der Waals surface area contributed by atoms with E-state index in [1.807, 2.05) is 6.92 Å². The van der Waals surface area contributed by atoms with E-state index in [1.165, 1.54) is 0 Å². The van der Waals surface area contributed by atoms with Crippen LogP contribution in [0.2, 0.25) is 0 Å². The van der Waals surface area contributed by atoms with Gasteiger partial charge in [-0.15, -0.1) is 0 Å². The molecular weight excluding hydrogens is 235 g/mol. The Morgan fingerprint density at radius 1 is 1.22 bits per heavy atom. The highest BCUT2D eigenvalue weighted by atomic mass is 16.6. The van der Waals surface area contributed by atoms with Crippen molar-refractivity contribution >= 4 is 7.85 Å². The van der Waals surface area contributed by atoms with Gasteiger partial charge in [0.05, 0.1) is 19.3 Å². The fourth-order valence-corrected chi connectivity index (χ4v) is 2.10.